The molecular weight excluding hydrogens is 307 g/mol. The van der Waals surface area contributed by atoms with E-state index in [0.29, 0.717) is 16.5 Å². The van der Waals surface area contributed by atoms with E-state index in [-0.39, 0.29) is 22.5 Å². The molecule has 1 fully saturated rings. The summed E-state index contributed by atoms with van der Waals surface area (Å²) in [4.78, 5) is 0.0338. The van der Waals surface area contributed by atoms with Gasteiger partial charge in [-0.3, -0.25) is 0 Å². The SMILES string of the molecule is CC(NS(=O)(=O)c1ccc(Cl)c(CN)c1Cl)C1CC1. The first-order valence-corrected chi connectivity index (χ1v) is 8.30. The Bertz CT molecular complexity index is 586. The second-order valence-electron chi connectivity index (χ2n) is 4.79. The number of hydrogen-bond acceptors (Lipinski definition) is 3. The van der Waals surface area contributed by atoms with Gasteiger partial charge >= 0.3 is 0 Å². The van der Waals surface area contributed by atoms with E-state index in [9.17, 15) is 8.42 Å². The zero-order valence-corrected chi connectivity index (χ0v) is 12.8. The predicted molar refractivity (Wildman–Crippen MR) is 76.9 cm³/mol. The lowest BCUT2D eigenvalue weighted by molar-refractivity contribution is 0.538. The number of benzene rings is 1. The van der Waals surface area contributed by atoms with Crippen molar-refractivity contribution in [3.05, 3.63) is 27.7 Å². The maximum atomic E-state index is 12.3. The molecule has 0 aliphatic heterocycles. The van der Waals surface area contributed by atoms with Gasteiger partial charge in [-0.05, 0) is 37.8 Å². The fourth-order valence-electron chi connectivity index (χ4n) is 1.97. The van der Waals surface area contributed by atoms with Crippen LogP contribution < -0.4 is 10.5 Å². The Balaban J connectivity index is 2.34. The summed E-state index contributed by atoms with van der Waals surface area (Å²) >= 11 is 12.0. The van der Waals surface area contributed by atoms with Gasteiger partial charge in [-0.15, -0.1) is 0 Å². The van der Waals surface area contributed by atoms with Crippen LogP contribution in [0.1, 0.15) is 25.3 Å². The van der Waals surface area contributed by atoms with Gasteiger partial charge in [0.05, 0.1) is 5.02 Å². The molecule has 1 aromatic rings. The molecule has 106 valence electrons. The highest BCUT2D eigenvalue weighted by molar-refractivity contribution is 7.89. The molecule has 0 spiro atoms. The molecule has 0 radical (unpaired) electrons. The van der Waals surface area contributed by atoms with Crippen molar-refractivity contribution in [1.82, 2.24) is 4.72 Å². The van der Waals surface area contributed by atoms with Crippen molar-refractivity contribution in [2.45, 2.75) is 37.2 Å². The highest BCUT2D eigenvalue weighted by Gasteiger charge is 2.32. The summed E-state index contributed by atoms with van der Waals surface area (Å²) in [6.07, 6.45) is 2.12. The van der Waals surface area contributed by atoms with Crippen LogP contribution in [0, 0.1) is 5.92 Å². The lowest BCUT2D eigenvalue weighted by Crippen LogP contribution is -2.34. The standard InChI is InChI=1S/C12H16Cl2N2O2S/c1-7(8-2-3-8)16-19(17,18)11-5-4-10(13)9(6-15)12(11)14/h4-5,7-8,16H,2-3,6,15H2,1H3. The van der Waals surface area contributed by atoms with Crippen LogP contribution in [0.4, 0.5) is 0 Å². The quantitative estimate of drug-likeness (QED) is 0.874. The van der Waals surface area contributed by atoms with E-state index < -0.39 is 10.0 Å². The molecule has 1 aromatic carbocycles. The maximum absolute atomic E-state index is 12.3. The molecular formula is C12H16Cl2N2O2S. The summed E-state index contributed by atoms with van der Waals surface area (Å²) in [5, 5.41) is 0.479. The Morgan fingerprint density at radius 3 is 2.58 bits per heavy atom. The molecule has 7 heteroatoms. The number of nitrogens with one attached hydrogen (secondary N) is 1. The van der Waals surface area contributed by atoms with Crippen LogP contribution in [0.25, 0.3) is 0 Å². The van der Waals surface area contributed by atoms with Gasteiger partial charge in [0.15, 0.2) is 0 Å². The molecule has 0 aromatic heterocycles. The Morgan fingerprint density at radius 2 is 2.05 bits per heavy atom. The Hall–Kier alpha value is -0.330. The fourth-order valence-corrected chi connectivity index (χ4v) is 4.22. The van der Waals surface area contributed by atoms with E-state index in [4.69, 9.17) is 28.9 Å². The lowest BCUT2D eigenvalue weighted by Gasteiger charge is -2.15. The second-order valence-corrected chi connectivity index (χ2v) is 7.26. The largest absolute Gasteiger partial charge is 0.326 e. The summed E-state index contributed by atoms with van der Waals surface area (Å²) in [5.74, 6) is 0.426. The van der Waals surface area contributed by atoms with Crippen molar-refractivity contribution in [2.75, 3.05) is 0 Å². The van der Waals surface area contributed by atoms with Crippen LogP contribution in [0.2, 0.25) is 10.0 Å². The van der Waals surface area contributed by atoms with Gasteiger partial charge in [-0.2, -0.15) is 0 Å². The van der Waals surface area contributed by atoms with Gasteiger partial charge in [0, 0.05) is 23.2 Å². The third-order valence-corrected chi connectivity index (χ3v) is 5.81. The highest BCUT2D eigenvalue weighted by Crippen LogP contribution is 2.34. The van der Waals surface area contributed by atoms with Gasteiger partial charge in [-0.25, -0.2) is 13.1 Å². The monoisotopic (exact) mass is 322 g/mol. The van der Waals surface area contributed by atoms with Crippen LogP contribution in [0.5, 0.6) is 0 Å². The lowest BCUT2D eigenvalue weighted by atomic mass is 10.2. The third kappa shape index (κ3) is 3.23. The van der Waals surface area contributed by atoms with E-state index in [2.05, 4.69) is 4.72 Å². The molecule has 0 heterocycles. The highest BCUT2D eigenvalue weighted by atomic mass is 35.5. The van der Waals surface area contributed by atoms with Crippen molar-refractivity contribution >= 4 is 33.2 Å². The topological polar surface area (TPSA) is 72.2 Å². The number of halogens is 2. The van der Waals surface area contributed by atoms with Crippen LogP contribution in [-0.2, 0) is 16.6 Å². The summed E-state index contributed by atoms with van der Waals surface area (Å²) in [6, 6.07) is 2.83. The van der Waals surface area contributed by atoms with Gasteiger partial charge in [0.25, 0.3) is 0 Å². The van der Waals surface area contributed by atoms with E-state index >= 15 is 0 Å². The first kappa shape index (κ1) is 15.1. The molecule has 19 heavy (non-hydrogen) atoms. The molecule has 1 atom stereocenters. The zero-order valence-electron chi connectivity index (χ0n) is 10.5. The van der Waals surface area contributed by atoms with Crippen LogP contribution in [-0.4, -0.2) is 14.5 Å². The average molecular weight is 323 g/mol. The first-order valence-electron chi connectivity index (χ1n) is 6.06. The van der Waals surface area contributed by atoms with Gasteiger partial charge in [0.1, 0.15) is 4.90 Å². The zero-order chi connectivity index (χ0) is 14.2. The Labute approximate surface area is 123 Å². The molecule has 2 rings (SSSR count). The van der Waals surface area contributed by atoms with E-state index in [1.807, 2.05) is 6.92 Å². The summed E-state index contributed by atoms with van der Waals surface area (Å²) in [6.45, 7) is 1.96. The second kappa shape index (κ2) is 5.58. The minimum Gasteiger partial charge on any atom is -0.326 e. The smallest absolute Gasteiger partial charge is 0.242 e. The molecule has 1 unspecified atom stereocenters. The molecule has 3 N–H and O–H groups in total. The van der Waals surface area contributed by atoms with Crippen molar-refractivity contribution in [2.24, 2.45) is 11.7 Å². The summed E-state index contributed by atoms with van der Waals surface area (Å²) in [7, 11) is -3.64. The van der Waals surface area contributed by atoms with Gasteiger partial charge < -0.3 is 5.73 Å². The molecule has 1 aliphatic rings. The van der Waals surface area contributed by atoms with Gasteiger partial charge in [0.2, 0.25) is 10.0 Å². The van der Waals surface area contributed by atoms with Gasteiger partial charge in [-0.1, -0.05) is 23.2 Å². The molecule has 1 saturated carbocycles. The first-order chi connectivity index (χ1) is 8.86. The third-order valence-electron chi connectivity index (χ3n) is 3.31. The predicted octanol–water partition coefficient (Wildman–Crippen LogP) is 2.53. The molecule has 0 amide bonds. The van der Waals surface area contributed by atoms with Crippen LogP contribution >= 0.6 is 23.2 Å². The average Bonchev–Trinajstić information content (AvgIpc) is 3.12. The molecule has 0 saturated heterocycles. The van der Waals surface area contributed by atoms with Crippen molar-refractivity contribution in [3.63, 3.8) is 0 Å². The van der Waals surface area contributed by atoms with Crippen molar-refractivity contribution in [1.29, 1.82) is 0 Å². The normalized spacial score (nSPS) is 17.5. The summed E-state index contributed by atoms with van der Waals surface area (Å²) < 4.78 is 27.2. The number of sulfonamides is 1. The maximum Gasteiger partial charge on any atom is 0.242 e. The number of rotatable bonds is 5. The van der Waals surface area contributed by atoms with Crippen molar-refractivity contribution < 1.29 is 8.42 Å². The minimum atomic E-state index is -3.64. The van der Waals surface area contributed by atoms with E-state index in [1.54, 1.807) is 0 Å². The minimum absolute atomic E-state index is 0.0338. The molecule has 1 aliphatic carbocycles. The Morgan fingerprint density at radius 1 is 1.42 bits per heavy atom. The van der Waals surface area contributed by atoms with Crippen LogP contribution in [0.15, 0.2) is 17.0 Å². The van der Waals surface area contributed by atoms with E-state index in [1.165, 1.54) is 12.1 Å². The molecule has 4 nitrogen and oxygen atoms in total. The molecule has 0 bridgehead atoms. The number of hydrogen-bond donors (Lipinski definition) is 2. The van der Waals surface area contributed by atoms with E-state index in [0.717, 1.165) is 12.8 Å². The fraction of sp³-hybridized carbons (Fsp3) is 0.500. The Kier molecular flexibility index (Phi) is 4.42. The van der Waals surface area contributed by atoms with Crippen molar-refractivity contribution in [3.8, 4) is 0 Å². The van der Waals surface area contributed by atoms with Crippen LogP contribution in [0.3, 0.4) is 0 Å². The summed E-state index contributed by atoms with van der Waals surface area (Å²) in [5.41, 5.74) is 5.99. The number of nitrogens with two attached hydrogens (primary N) is 1.